The molecule has 19 heavy (non-hydrogen) atoms. The molecule has 0 saturated heterocycles. The smallest absolute Gasteiger partial charge is 0.191 e. The van der Waals surface area contributed by atoms with Crippen LogP contribution in [0.2, 0.25) is 0 Å². The zero-order valence-electron chi connectivity index (χ0n) is 13.3. The van der Waals surface area contributed by atoms with Crippen LogP contribution < -0.4 is 10.6 Å². The van der Waals surface area contributed by atoms with E-state index in [1.165, 1.54) is 0 Å². The second kappa shape index (κ2) is 13.0. The number of halogens is 1. The predicted molar refractivity (Wildman–Crippen MR) is 94.5 cm³/mol. The number of ether oxygens (including phenoxy) is 1. The Kier molecular flexibility index (Phi) is 14.5. The van der Waals surface area contributed by atoms with Gasteiger partial charge in [0.2, 0.25) is 0 Å². The molecule has 5 heteroatoms. The van der Waals surface area contributed by atoms with Crippen molar-refractivity contribution in [2.45, 2.75) is 59.6 Å². The average molecular weight is 385 g/mol. The summed E-state index contributed by atoms with van der Waals surface area (Å²) in [6.07, 6.45) is 2.42. The second-order valence-corrected chi connectivity index (χ2v) is 4.98. The number of rotatable bonds is 8. The first-order chi connectivity index (χ1) is 8.54. The van der Waals surface area contributed by atoms with E-state index in [1.54, 1.807) is 7.05 Å². The molecule has 0 aliphatic carbocycles. The van der Waals surface area contributed by atoms with Crippen molar-refractivity contribution in [3.05, 3.63) is 0 Å². The van der Waals surface area contributed by atoms with Crippen molar-refractivity contribution in [3.8, 4) is 0 Å². The number of nitrogens with zero attached hydrogens (tertiary/aromatic N) is 1. The van der Waals surface area contributed by atoms with Gasteiger partial charge in [-0.2, -0.15) is 0 Å². The fourth-order valence-corrected chi connectivity index (χ4v) is 1.69. The summed E-state index contributed by atoms with van der Waals surface area (Å²) in [5.74, 6) is 1.43. The van der Waals surface area contributed by atoms with Crippen LogP contribution in [-0.2, 0) is 4.74 Å². The molecule has 0 aromatic carbocycles. The molecule has 2 unspecified atom stereocenters. The molecule has 0 aliphatic heterocycles. The first-order valence-corrected chi connectivity index (χ1v) is 7.13. The molecule has 0 aromatic rings. The van der Waals surface area contributed by atoms with E-state index in [2.05, 4.69) is 43.3 Å². The van der Waals surface area contributed by atoms with E-state index in [9.17, 15) is 0 Å². The van der Waals surface area contributed by atoms with E-state index in [0.717, 1.165) is 32.0 Å². The monoisotopic (exact) mass is 385 g/mol. The summed E-state index contributed by atoms with van der Waals surface area (Å²) in [5.41, 5.74) is 0. The summed E-state index contributed by atoms with van der Waals surface area (Å²) in [6, 6.07) is 0.448. The summed E-state index contributed by atoms with van der Waals surface area (Å²) < 4.78 is 5.72. The quantitative estimate of drug-likeness (QED) is 0.384. The van der Waals surface area contributed by atoms with E-state index < -0.39 is 0 Å². The van der Waals surface area contributed by atoms with Gasteiger partial charge >= 0.3 is 0 Å². The van der Waals surface area contributed by atoms with Crippen LogP contribution in [0.4, 0.5) is 0 Å². The first-order valence-electron chi connectivity index (χ1n) is 7.13. The van der Waals surface area contributed by atoms with Crippen molar-refractivity contribution >= 4 is 29.9 Å². The highest BCUT2D eigenvalue weighted by Crippen LogP contribution is 2.09. The molecule has 0 saturated carbocycles. The highest BCUT2D eigenvalue weighted by molar-refractivity contribution is 14.0. The van der Waals surface area contributed by atoms with Crippen molar-refractivity contribution in [1.82, 2.24) is 10.6 Å². The number of hydrogen-bond donors (Lipinski definition) is 2. The van der Waals surface area contributed by atoms with Gasteiger partial charge in [-0.15, -0.1) is 24.0 Å². The van der Waals surface area contributed by atoms with E-state index in [-0.39, 0.29) is 24.0 Å². The Morgan fingerprint density at radius 1 is 1.21 bits per heavy atom. The van der Waals surface area contributed by atoms with Crippen LogP contribution in [0, 0.1) is 5.92 Å². The number of aliphatic imine (C=N–C) groups is 1. The Labute approximate surface area is 136 Å². The molecular weight excluding hydrogens is 353 g/mol. The SMILES string of the molecule is CCOC(CCNC(=NC)NC(C)CC)C(C)C.I. The number of nitrogens with one attached hydrogen (secondary N) is 2. The largest absolute Gasteiger partial charge is 0.378 e. The van der Waals surface area contributed by atoms with Crippen molar-refractivity contribution in [2.24, 2.45) is 10.9 Å². The molecule has 2 atom stereocenters. The lowest BCUT2D eigenvalue weighted by Crippen LogP contribution is -2.43. The normalized spacial score (nSPS) is 14.8. The molecule has 0 amide bonds. The van der Waals surface area contributed by atoms with Gasteiger partial charge in [-0.05, 0) is 32.6 Å². The summed E-state index contributed by atoms with van der Waals surface area (Å²) in [7, 11) is 1.81. The maximum Gasteiger partial charge on any atom is 0.191 e. The highest BCUT2D eigenvalue weighted by Gasteiger charge is 2.13. The van der Waals surface area contributed by atoms with Gasteiger partial charge in [0.1, 0.15) is 0 Å². The third kappa shape index (κ3) is 10.4. The van der Waals surface area contributed by atoms with E-state index >= 15 is 0 Å². The highest BCUT2D eigenvalue weighted by atomic mass is 127. The summed E-state index contributed by atoms with van der Waals surface area (Å²) in [6.45, 7) is 12.4. The van der Waals surface area contributed by atoms with E-state index in [0.29, 0.717) is 18.1 Å². The van der Waals surface area contributed by atoms with Crippen molar-refractivity contribution < 1.29 is 4.74 Å². The molecule has 0 fully saturated rings. The minimum Gasteiger partial charge on any atom is -0.378 e. The van der Waals surface area contributed by atoms with Gasteiger partial charge in [0.25, 0.3) is 0 Å². The van der Waals surface area contributed by atoms with Gasteiger partial charge in [0, 0.05) is 26.2 Å². The molecular formula is C14H32IN3O. The second-order valence-electron chi connectivity index (χ2n) is 4.98. The zero-order valence-corrected chi connectivity index (χ0v) is 15.7. The van der Waals surface area contributed by atoms with Gasteiger partial charge < -0.3 is 15.4 Å². The lowest BCUT2D eigenvalue weighted by atomic mass is 10.0. The third-order valence-corrected chi connectivity index (χ3v) is 3.06. The van der Waals surface area contributed by atoms with Gasteiger partial charge in [-0.3, -0.25) is 4.99 Å². The molecule has 0 spiro atoms. The van der Waals surface area contributed by atoms with Crippen molar-refractivity contribution in [1.29, 1.82) is 0 Å². The molecule has 0 radical (unpaired) electrons. The summed E-state index contributed by atoms with van der Waals surface area (Å²) in [4.78, 5) is 4.22. The van der Waals surface area contributed by atoms with Crippen LogP contribution in [0.3, 0.4) is 0 Å². The van der Waals surface area contributed by atoms with Crippen LogP contribution in [0.25, 0.3) is 0 Å². The maximum absolute atomic E-state index is 5.72. The standard InChI is InChI=1S/C14H31N3O.HI/c1-7-12(5)17-14(15-6)16-10-9-13(11(3)4)18-8-2;/h11-13H,7-10H2,1-6H3,(H2,15,16,17);1H. The number of guanidine groups is 1. The van der Waals surface area contributed by atoms with Gasteiger partial charge in [0.15, 0.2) is 5.96 Å². The Balaban J connectivity index is 0. The molecule has 0 bridgehead atoms. The molecule has 0 aromatic heterocycles. The molecule has 4 nitrogen and oxygen atoms in total. The lowest BCUT2D eigenvalue weighted by molar-refractivity contribution is 0.0258. The Morgan fingerprint density at radius 3 is 2.26 bits per heavy atom. The third-order valence-electron chi connectivity index (χ3n) is 3.06. The van der Waals surface area contributed by atoms with E-state index in [4.69, 9.17) is 4.74 Å². The Hall–Kier alpha value is -0.0400. The van der Waals surface area contributed by atoms with Crippen molar-refractivity contribution in [3.63, 3.8) is 0 Å². The minimum absolute atomic E-state index is 0. The van der Waals surface area contributed by atoms with Crippen LogP contribution in [0.1, 0.15) is 47.5 Å². The van der Waals surface area contributed by atoms with Gasteiger partial charge in [-0.25, -0.2) is 0 Å². The molecule has 0 rings (SSSR count). The fourth-order valence-electron chi connectivity index (χ4n) is 1.69. The first kappa shape index (κ1) is 21.3. The van der Waals surface area contributed by atoms with Crippen molar-refractivity contribution in [2.75, 3.05) is 20.2 Å². The van der Waals surface area contributed by atoms with Crippen LogP contribution in [-0.4, -0.2) is 38.3 Å². The molecule has 2 N–H and O–H groups in total. The van der Waals surface area contributed by atoms with E-state index in [1.807, 2.05) is 6.92 Å². The van der Waals surface area contributed by atoms with Gasteiger partial charge in [0.05, 0.1) is 6.10 Å². The van der Waals surface area contributed by atoms with Crippen LogP contribution in [0.15, 0.2) is 4.99 Å². The molecule has 0 heterocycles. The summed E-state index contributed by atoms with van der Waals surface area (Å²) >= 11 is 0. The van der Waals surface area contributed by atoms with Crippen LogP contribution >= 0.6 is 24.0 Å². The predicted octanol–water partition coefficient (Wildman–Crippen LogP) is 3.02. The average Bonchev–Trinajstić information content (AvgIpc) is 2.35. The fraction of sp³-hybridized carbons (Fsp3) is 0.929. The minimum atomic E-state index is 0. The Morgan fingerprint density at radius 2 is 1.84 bits per heavy atom. The summed E-state index contributed by atoms with van der Waals surface area (Å²) in [5, 5.41) is 6.69. The topological polar surface area (TPSA) is 45.6 Å². The van der Waals surface area contributed by atoms with Gasteiger partial charge in [-0.1, -0.05) is 20.8 Å². The van der Waals surface area contributed by atoms with Crippen LogP contribution in [0.5, 0.6) is 0 Å². The maximum atomic E-state index is 5.72. The molecule has 116 valence electrons. The lowest BCUT2D eigenvalue weighted by Gasteiger charge is -2.22. The molecule has 0 aliphatic rings. The Bertz CT molecular complexity index is 235. The zero-order chi connectivity index (χ0) is 14.0. The number of hydrogen-bond acceptors (Lipinski definition) is 2.